The van der Waals surface area contributed by atoms with E-state index in [0.717, 1.165) is 10.5 Å². The van der Waals surface area contributed by atoms with Crippen LogP contribution in [0.15, 0.2) is 42.5 Å². The van der Waals surface area contributed by atoms with Crippen LogP contribution in [0.2, 0.25) is 10.0 Å². The number of halogens is 2. The van der Waals surface area contributed by atoms with Gasteiger partial charge in [0.15, 0.2) is 0 Å². The molecule has 4 amide bonds. The van der Waals surface area contributed by atoms with E-state index in [-0.39, 0.29) is 44.4 Å². The number of nitriles is 1. The Hall–Kier alpha value is -3.12. The minimum Gasteiger partial charge on any atom is -0.384 e. The standard InChI is InChI=1S/C24H22Cl2N4O4/c1-34-7-6-21(31)28-19-12-24(11-15-2-4-16(13-27)5-3-15)22(32)30(23(33)29(24)14-19)20-9-17(25)8-18(26)10-20/h2-5,8-10,19H,6-7,11-12,14H2,1H3,(H,28,31)/t19-,24-/m0/s1. The molecule has 10 heteroatoms. The molecule has 0 saturated carbocycles. The van der Waals surface area contributed by atoms with Crippen LogP contribution in [0.5, 0.6) is 0 Å². The number of urea groups is 1. The van der Waals surface area contributed by atoms with Gasteiger partial charge in [0.2, 0.25) is 5.91 Å². The smallest absolute Gasteiger partial charge is 0.332 e. The van der Waals surface area contributed by atoms with Crippen molar-refractivity contribution in [1.82, 2.24) is 10.2 Å². The number of nitrogens with one attached hydrogen (secondary N) is 1. The molecule has 34 heavy (non-hydrogen) atoms. The molecule has 2 aliphatic heterocycles. The molecule has 2 atom stereocenters. The van der Waals surface area contributed by atoms with Crippen molar-refractivity contribution in [2.75, 3.05) is 25.2 Å². The number of hydrogen-bond acceptors (Lipinski definition) is 5. The molecule has 4 rings (SSSR count). The maximum absolute atomic E-state index is 13.9. The fourth-order valence-corrected chi connectivity index (χ4v) is 5.14. The zero-order valence-electron chi connectivity index (χ0n) is 18.4. The largest absolute Gasteiger partial charge is 0.384 e. The van der Waals surface area contributed by atoms with Gasteiger partial charge in [-0.05, 0) is 35.9 Å². The molecule has 0 radical (unpaired) electrons. The molecule has 0 unspecified atom stereocenters. The number of imide groups is 1. The Kier molecular flexibility index (Phi) is 6.80. The van der Waals surface area contributed by atoms with Gasteiger partial charge in [0, 0.05) is 49.0 Å². The predicted molar refractivity (Wildman–Crippen MR) is 127 cm³/mol. The van der Waals surface area contributed by atoms with Gasteiger partial charge < -0.3 is 15.0 Å². The van der Waals surface area contributed by atoms with E-state index in [0.29, 0.717) is 21.3 Å². The number of rotatable bonds is 7. The van der Waals surface area contributed by atoms with E-state index in [1.807, 2.05) is 0 Å². The summed E-state index contributed by atoms with van der Waals surface area (Å²) in [7, 11) is 1.51. The zero-order valence-corrected chi connectivity index (χ0v) is 19.9. The van der Waals surface area contributed by atoms with Crippen LogP contribution < -0.4 is 10.2 Å². The van der Waals surface area contributed by atoms with Crippen molar-refractivity contribution in [3.8, 4) is 6.07 Å². The molecule has 176 valence electrons. The summed E-state index contributed by atoms with van der Waals surface area (Å²) in [6.45, 7) is 0.462. The number of hydrogen-bond donors (Lipinski definition) is 1. The number of nitrogens with zero attached hydrogens (tertiary/aromatic N) is 3. The van der Waals surface area contributed by atoms with Gasteiger partial charge in [0.05, 0.1) is 23.9 Å². The fraction of sp³-hybridized carbons (Fsp3) is 0.333. The Morgan fingerprint density at radius 1 is 1.21 bits per heavy atom. The van der Waals surface area contributed by atoms with Crippen molar-refractivity contribution >= 4 is 46.7 Å². The van der Waals surface area contributed by atoms with Crippen LogP contribution in [0.25, 0.3) is 0 Å². The van der Waals surface area contributed by atoms with Crippen molar-refractivity contribution < 1.29 is 19.1 Å². The van der Waals surface area contributed by atoms with Crippen LogP contribution >= 0.6 is 23.2 Å². The average molecular weight is 501 g/mol. The van der Waals surface area contributed by atoms with Gasteiger partial charge in [-0.25, -0.2) is 9.69 Å². The normalized spacial score (nSPS) is 21.5. The third kappa shape index (κ3) is 4.47. The Labute approximate surface area is 207 Å². The second-order valence-electron chi connectivity index (χ2n) is 8.39. The highest BCUT2D eigenvalue weighted by atomic mass is 35.5. The summed E-state index contributed by atoms with van der Waals surface area (Å²) in [4.78, 5) is 42.3. The first-order valence-electron chi connectivity index (χ1n) is 10.7. The van der Waals surface area contributed by atoms with Crippen LogP contribution in [0.4, 0.5) is 10.5 Å². The van der Waals surface area contributed by atoms with Gasteiger partial charge in [0.1, 0.15) is 5.54 Å². The lowest BCUT2D eigenvalue weighted by molar-refractivity contribution is -0.125. The summed E-state index contributed by atoms with van der Waals surface area (Å²) < 4.78 is 4.96. The molecule has 2 heterocycles. The maximum atomic E-state index is 13.9. The molecular formula is C24H22Cl2N4O4. The Morgan fingerprint density at radius 2 is 1.88 bits per heavy atom. The molecule has 2 fully saturated rings. The van der Waals surface area contributed by atoms with E-state index in [4.69, 9.17) is 33.2 Å². The highest BCUT2D eigenvalue weighted by Crippen LogP contribution is 2.43. The van der Waals surface area contributed by atoms with E-state index in [1.165, 1.54) is 30.2 Å². The Morgan fingerprint density at radius 3 is 2.50 bits per heavy atom. The van der Waals surface area contributed by atoms with Crippen molar-refractivity contribution in [2.45, 2.75) is 30.8 Å². The summed E-state index contributed by atoms with van der Waals surface area (Å²) in [5, 5.41) is 12.6. The van der Waals surface area contributed by atoms with Crippen molar-refractivity contribution in [3.05, 3.63) is 63.6 Å². The molecular weight excluding hydrogens is 479 g/mol. The number of methoxy groups -OCH3 is 1. The second-order valence-corrected chi connectivity index (χ2v) is 9.26. The lowest BCUT2D eigenvalue weighted by Gasteiger charge is -2.28. The number of carbonyl (C=O) groups excluding carboxylic acids is 3. The molecule has 1 N–H and O–H groups in total. The monoisotopic (exact) mass is 500 g/mol. The van der Waals surface area contributed by atoms with Crippen LogP contribution in [-0.4, -0.2) is 54.6 Å². The molecule has 0 aliphatic carbocycles. The maximum Gasteiger partial charge on any atom is 0.332 e. The highest BCUT2D eigenvalue weighted by molar-refractivity contribution is 6.35. The number of benzene rings is 2. The fourth-order valence-electron chi connectivity index (χ4n) is 4.62. The van der Waals surface area contributed by atoms with Gasteiger partial charge in [0.25, 0.3) is 5.91 Å². The Balaban J connectivity index is 1.68. The van der Waals surface area contributed by atoms with E-state index in [9.17, 15) is 14.4 Å². The molecule has 8 nitrogen and oxygen atoms in total. The number of fused-ring (bicyclic) bond motifs is 1. The van der Waals surface area contributed by atoms with Crippen molar-refractivity contribution in [3.63, 3.8) is 0 Å². The molecule has 2 aliphatic rings. The molecule has 0 aromatic heterocycles. The first-order chi connectivity index (χ1) is 16.3. The lowest BCUT2D eigenvalue weighted by atomic mass is 9.86. The van der Waals surface area contributed by atoms with Gasteiger partial charge >= 0.3 is 6.03 Å². The number of amides is 4. The number of carbonyl (C=O) groups is 3. The van der Waals surface area contributed by atoms with Gasteiger partial charge in [-0.15, -0.1) is 0 Å². The van der Waals surface area contributed by atoms with Crippen LogP contribution in [0.1, 0.15) is 24.0 Å². The molecule has 2 saturated heterocycles. The minimum absolute atomic E-state index is 0.185. The third-order valence-electron chi connectivity index (χ3n) is 6.11. The molecule has 0 spiro atoms. The van der Waals surface area contributed by atoms with Crippen LogP contribution in [0.3, 0.4) is 0 Å². The predicted octanol–water partition coefficient (Wildman–Crippen LogP) is 3.54. The summed E-state index contributed by atoms with van der Waals surface area (Å²) in [5.41, 5.74) is 0.389. The van der Waals surface area contributed by atoms with E-state index < -0.39 is 17.5 Å². The molecule has 0 bridgehead atoms. The Bertz CT molecular complexity index is 1160. The first-order valence-corrected chi connectivity index (χ1v) is 11.4. The minimum atomic E-state index is -1.20. The average Bonchev–Trinajstić information content (AvgIpc) is 3.24. The lowest BCUT2D eigenvalue weighted by Crippen LogP contribution is -2.47. The zero-order chi connectivity index (χ0) is 24.5. The summed E-state index contributed by atoms with van der Waals surface area (Å²) in [6.07, 6.45) is 0.671. The summed E-state index contributed by atoms with van der Waals surface area (Å²) in [6, 6.07) is 12.6. The number of anilines is 1. The highest BCUT2D eigenvalue weighted by Gasteiger charge is 2.62. The summed E-state index contributed by atoms with van der Waals surface area (Å²) in [5.74, 6) is -0.617. The second kappa shape index (κ2) is 9.63. The SMILES string of the molecule is COCCC(=O)N[C@@H]1CN2C(=O)N(c3cc(Cl)cc(Cl)c3)C(=O)[C@]2(Cc2ccc(C#N)cc2)C1. The van der Waals surface area contributed by atoms with E-state index in [1.54, 1.807) is 24.3 Å². The first kappa shape index (κ1) is 24.0. The van der Waals surface area contributed by atoms with Gasteiger partial charge in [-0.2, -0.15) is 5.26 Å². The molecule has 2 aromatic carbocycles. The van der Waals surface area contributed by atoms with E-state index >= 15 is 0 Å². The van der Waals surface area contributed by atoms with Crippen LogP contribution in [-0.2, 0) is 20.7 Å². The topological polar surface area (TPSA) is 103 Å². The van der Waals surface area contributed by atoms with Gasteiger partial charge in [-0.1, -0.05) is 35.3 Å². The quantitative estimate of drug-likeness (QED) is 0.585. The number of ether oxygens (including phenoxy) is 1. The third-order valence-corrected chi connectivity index (χ3v) is 6.55. The summed E-state index contributed by atoms with van der Waals surface area (Å²) >= 11 is 12.3. The van der Waals surface area contributed by atoms with Crippen LogP contribution in [0, 0.1) is 11.3 Å². The van der Waals surface area contributed by atoms with Gasteiger partial charge in [-0.3, -0.25) is 9.59 Å². The molecule has 2 aromatic rings. The van der Waals surface area contributed by atoms with Crippen molar-refractivity contribution in [2.24, 2.45) is 0 Å². The van der Waals surface area contributed by atoms with E-state index in [2.05, 4.69) is 11.4 Å². The van der Waals surface area contributed by atoms with Crippen molar-refractivity contribution in [1.29, 1.82) is 5.26 Å².